The van der Waals surface area contributed by atoms with E-state index in [-0.39, 0.29) is 5.91 Å². The second kappa shape index (κ2) is 6.23. The van der Waals surface area contributed by atoms with E-state index in [9.17, 15) is 4.79 Å². The van der Waals surface area contributed by atoms with Crippen molar-refractivity contribution in [1.82, 2.24) is 4.90 Å². The summed E-state index contributed by atoms with van der Waals surface area (Å²) in [7, 11) is 0. The lowest BCUT2D eigenvalue weighted by Gasteiger charge is -2.38. The number of hydrogen-bond acceptors (Lipinski definition) is 3. The van der Waals surface area contributed by atoms with Gasteiger partial charge in [-0.05, 0) is 44.6 Å². The van der Waals surface area contributed by atoms with Crippen LogP contribution in [0.2, 0.25) is 0 Å². The molecule has 0 radical (unpaired) electrons. The Morgan fingerprint density at radius 2 is 2.16 bits per heavy atom. The van der Waals surface area contributed by atoms with Crippen molar-refractivity contribution in [3.8, 4) is 11.8 Å². The molecule has 19 heavy (non-hydrogen) atoms. The predicted molar refractivity (Wildman–Crippen MR) is 79.2 cm³/mol. The van der Waals surface area contributed by atoms with E-state index < -0.39 is 0 Å². The van der Waals surface area contributed by atoms with E-state index in [1.807, 2.05) is 16.3 Å². The molecular formula is C15H20N2OS. The zero-order valence-corrected chi connectivity index (χ0v) is 12.3. The molecule has 4 heteroatoms. The fourth-order valence-corrected chi connectivity index (χ4v) is 3.45. The summed E-state index contributed by atoms with van der Waals surface area (Å²) in [6.45, 7) is 4.58. The van der Waals surface area contributed by atoms with E-state index in [1.54, 1.807) is 0 Å². The smallest absolute Gasteiger partial charge is 0.265 e. The van der Waals surface area contributed by atoms with Gasteiger partial charge in [0, 0.05) is 17.6 Å². The first kappa shape index (κ1) is 14.1. The van der Waals surface area contributed by atoms with Gasteiger partial charge in [0.1, 0.15) is 4.88 Å². The van der Waals surface area contributed by atoms with Crippen LogP contribution in [-0.4, -0.2) is 29.4 Å². The summed E-state index contributed by atoms with van der Waals surface area (Å²) in [6.07, 6.45) is 3.38. The molecule has 0 spiro atoms. The first-order valence-electron chi connectivity index (χ1n) is 6.74. The number of amides is 1. The maximum atomic E-state index is 12.7. The van der Waals surface area contributed by atoms with Crippen LogP contribution in [0.4, 0.5) is 0 Å². The van der Waals surface area contributed by atoms with Crippen LogP contribution in [0.1, 0.15) is 48.3 Å². The van der Waals surface area contributed by atoms with E-state index in [0.29, 0.717) is 18.6 Å². The van der Waals surface area contributed by atoms with Crippen molar-refractivity contribution in [2.24, 2.45) is 5.73 Å². The molecule has 2 N–H and O–H groups in total. The van der Waals surface area contributed by atoms with Gasteiger partial charge in [-0.3, -0.25) is 4.79 Å². The van der Waals surface area contributed by atoms with Crippen LogP contribution in [0.25, 0.3) is 0 Å². The van der Waals surface area contributed by atoms with Gasteiger partial charge in [0.15, 0.2) is 0 Å². The van der Waals surface area contributed by atoms with Crippen LogP contribution in [-0.2, 0) is 0 Å². The van der Waals surface area contributed by atoms with E-state index >= 15 is 0 Å². The normalized spacial score (nSPS) is 22.8. The third-order valence-electron chi connectivity index (χ3n) is 3.61. The molecule has 2 unspecified atom stereocenters. The van der Waals surface area contributed by atoms with Gasteiger partial charge in [0.2, 0.25) is 0 Å². The highest BCUT2D eigenvalue weighted by Crippen LogP contribution is 2.27. The Morgan fingerprint density at radius 1 is 1.47 bits per heavy atom. The lowest BCUT2D eigenvalue weighted by atomic mass is 9.97. The Bertz CT molecular complexity index is 502. The van der Waals surface area contributed by atoms with Gasteiger partial charge in [0.25, 0.3) is 5.91 Å². The average Bonchev–Trinajstić information content (AvgIpc) is 2.84. The van der Waals surface area contributed by atoms with Crippen molar-refractivity contribution >= 4 is 17.2 Å². The van der Waals surface area contributed by atoms with Crippen LogP contribution in [0.15, 0.2) is 11.4 Å². The monoisotopic (exact) mass is 276 g/mol. The highest BCUT2D eigenvalue weighted by atomic mass is 32.1. The number of rotatable bonds is 1. The van der Waals surface area contributed by atoms with E-state index in [0.717, 1.165) is 23.3 Å². The van der Waals surface area contributed by atoms with Crippen molar-refractivity contribution in [1.29, 1.82) is 0 Å². The summed E-state index contributed by atoms with van der Waals surface area (Å²) >= 11 is 1.47. The van der Waals surface area contributed by atoms with Crippen molar-refractivity contribution in [2.45, 2.75) is 45.2 Å². The second-order valence-electron chi connectivity index (χ2n) is 5.01. The summed E-state index contributed by atoms with van der Waals surface area (Å²) < 4.78 is 0. The Kier molecular flexibility index (Phi) is 4.62. The molecule has 0 aromatic carbocycles. The number of nitrogens with two attached hydrogens (primary N) is 1. The lowest BCUT2D eigenvalue weighted by Crippen LogP contribution is -2.47. The van der Waals surface area contributed by atoms with Gasteiger partial charge < -0.3 is 10.6 Å². The molecule has 0 saturated carbocycles. The van der Waals surface area contributed by atoms with E-state index in [1.165, 1.54) is 17.8 Å². The fraction of sp³-hybridized carbons (Fsp3) is 0.533. The van der Waals surface area contributed by atoms with Crippen molar-refractivity contribution in [3.63, 3.8) is 0 Å². The molecule has 102 valence electrons. The Morgan fingerprint density at radius 3 is 2.79 bits per heavy atom. The zero-order valence-electron chi connectivity index (χ0n) is 11.5. The van der Waals surface area contributed by atoms with Crippen molar-refractivity contribution in [3.05, 3.63) is 21.9 Å². The van der Waals surface area contributed by atoms with Crippen LogP contribution in [0.5, 0.6) is 0 Å². The molecular weight excluding hydrogens is 256 g/mol. The molecule has 1 aromatic rings. The molecule has 0 aliphatic carbocycles. The maximum absolute atomic E-state index is 12.7. The van der Waals surface area contributed by atoms with Gasteiger partial charge in [0.05, 0.1) is 6.54 Å². The van der Waals surface area contributed by atoms with Crippen LogP contribution >= 0.6 is 11.3 Å². The molecule has 2 atom stereocenters. The van der Waals surface area contributed by atoms with E-state index in [2.05, 4.69) is 25.7 Å². The molecule has 2 rings (SSSR count). The topological polar surface area (TPSA) is 46.3 Å². The highest BCUT2D eigenvalue weighted by molar-refractivity contribution is 7.12. The van der Waals surface area contributed by atoms with Gasteiger partial charge in [-0.2, -0.15) is 0 Å². The van der Waals surface area contributed by atoms with Gasteiger partial charge in [-0.15, -0.1) is 11.3 Å². The van der Waals surface area contributed by atoms with Gasteiger partial charge >= 0.3 is 0 Å². The first-order chi connectivity index (χ1) is 9.15. The number of nitrogens with zero attached hydrogens (tertiary/aromatic N) is 1. The number of likely N-dealkylation sites (tertiary alicyclic amines) is 1. The number of carbonyl (C=O) groups is 1. The van der Waals surface area contributed by atoms with E-state index in [4.69, 9.17) is 5.73 Å². The number of piperidine rings is 1. The average molecular weight is 276 g/mol. The summed E-state index contributed by atoms with van der Waals surface area (Å²) in [5.74, 6) is 5.94. The molecule has 1 aliphatic rings. The quantitative estimate of drug-likeness (QED) is 0.801. The minimum atomic E-state index is 0.121. The third-order valence-corrected chi connectivity index (χ3v) is 4.52. The second-order valence-corrected chi connectivity index (χ2v) is 5.93. The molecule has 1 fully saturated rings. The number of thiophene rings is 1. The highest BCUT2D eigenvalue weighted by Gasteiger charge is 2.31. The third kappa shape index (κ3) is 2.99. The fourth-order valence-electron chi connectivity index (χ4n) is 2.66. The van der Waals surface area contributed by atoms with Gasteiger partial charge in [-0.1, -0.05) is 11.8 Å². The molecule has 1 amide bonds. The van der Waals surface area contributed by atoms with Crippen LogP contribution < -0.4 is 5.73 Å². The standard InChI is InChI=1S/C15H20N2OS/c1-11-5-3-6-12(2)17(11)15(18)14-13(7-4-9-16)8-10-19-14/h8,10-12H,3,5-6,9,16H2,1-2H3. The van der Waals surface area contributed by atoms with Crippen LogP contribution in [0.3, 0.4) is 0 Å². The van der Waals surface area contributed by atoms with Crippen LogP contribution in [0, 0.1) is 11.8 Å². The van der Waals surface area contributed by atoms with Crippen molar-refractivity contribution < 1.29 is 4.79 Å². The molecule has 1 aliphatic heterocycles. The minimum Gasteiger partial charge on any atom is -0.333 e. The SMILES string of the molecule is CC1CCCC(C)N1C(=O)c1sccc1C#CCN. The summed E-state index contributed by atoms with van der Waals surface area (Å²) in [5.41, 5.74) is 6.20. The molecule has 0 bridgehead atoms. The molecule has 2 heterocycles. The molecule has 3 nitrogen and oxygen atoms in total. The van der Waals surface area contributed by atoms with Gasteiger partial charge in [-0.25, -0.2) is 0 Å². The first-order valence-corrected chi connectivity index (χ1v) is 7.62. The Hall–Kier alpha value is -1.31. The largest absolute Gasteiger partial charge is 0.333 e. The summed E-state index contributed by atoms with van der Waals surface area (Å²) in [6, 6.07) is 2.53. The number of carbonyl (C=O) groups excluding carboxylic acids is 1. The minimum absolute atomic E-state index is 0.121. The Labute approximate surface area is 118 Å². The number of hydrogen-bond donors (Lipinski definition) is 1. The summed E-state index contributed by atoms with van der Waals surface area (Å²) in [4.78, 5) is 15.5. The Balaban J connectivity index is 2.26. The summed E-state index contributed by atoms with van der Waals surface area (Å²) in [5, 5.41) is 1.92. The zero-order chi connectivity index (χ0) is 13.8. The lowest BCUT2D eigenvalue weighted by molar-refractivity contribution is 0.0515. The molecule has 1 aromatic heterocycles. The molecule has 1 saturated heterocycles. The predicted octanol–water partition coefficient (Wildman–Crippen LogP) is 2.46. The maximum Gasteiger partial charge on any atom is 0.265 e. The van der Waals surface area contributed by atoms with Crippen molar-refractivity contribution in [2.75, 3.05) is 6.54 Å².